The Balaban J connectivity index is 2.61. The Labute approximate surface area is 107 Å². The fourth-order valence-corrected chi connectivity index (χ4v) is 1.71. The third-order valence-electron chi connectivity index (χ3n) is 2.90. The van der Waals surface area contributed by atoms with Crippen molar-refractivity contribution in [2.24, 2.45) is 5.92 Å². The molecule has 1 aromatic rings. The minimum absolute atomic E-state index is 0.0307. The number of hydrogen-bond acceptors (Lipinski definition) is 2. The van der Waals surface area contributed by atoms with Crippen molar-refractivity contribution in [3.63, 3.8) is 0 Å². The number of carbonyl (C=O) groups is 2. The van der Waals surface area contributed by atoms with Gasteiger partial charge in [-0.1, -0.05) is 25.1 Å². The molecule has 0 aliphatic carbocycles. The highest BCUT2D eigenvalue weighted by molar-refractivity contribution is 5.93. The second-order valence-corrected chi connectivity index (χ2v) is 4.25. The number of para-hydroxylation sites is 1. The summed E-state index contributed by atoms with van der Waals surface area (Å²) in [4.78, 5) is 24.4. The Morgan fingerprint density at radius 1 is 1.28 bits per heavy atom. The van der Waals surface area contributed by atoms with Gasteiger partial charge in [0, 0.05) is 18.7 Å². The normalized spacial score (nSPS) is 11.9. The van der Waals surface area contributed by atoms with E-state index in [1.54, 1.807) is 11.8 Å². The van der Waals surface area contributed by atoms with E-state index in [1.165, 1.54) is 0 Å². The van der Waals surface area contributed by atoms with Crippen LogP contribution in [-0.2, 0) is 9.59 Å². The minimum atomic E-state index is -0.856. The first-order chi connectivity index (χ1) is 8.56. The molecular weight excluding hydrogens is 230 g/mol. The smallest absolute Gasteiger partial charge is 0.306 e. The maximum absolute atomic E-state index is 12.0. The van der Waals surface area contributed by atoms with Crippen LogP contribution in [0.1, 0.15) is 26.7 Å². The SMILES string of the molecule is CCN(C(=O)CCC(C)C(=O)O)c1ccccc1. The van der Waals surface area contributed by atoms with Gasteiger partial charge in [-0.2, -0.15) is 0 Å². The number of hydrogen-bond donors (Lipinski definition) is 1. The highest BCUT2D eigenvalue weighted by Gasteiger charge is 2.17. The predicted octanol–water partition coefficient (Wildman–Crippen LogP) is 2.54. The molecule has 1 amide bonds. The van der Waals surface area contributed by atoms with E-state index in [0.717, 1.165) is 5.69 Å². The highest BCUT2D eigenvalue weighted by Crippen LogP contribution is 2.16. The maximum atomic E-state index is 12.0. The van der Waals surface area contributed by atoms with Gasteiger partial charge in [-0.05, 0) is 25.5 Å². The van der Waals surface area contributed by atoms with E-state index in [1.807, 2.05) is 37.3 Å². The molecule has 1 unspecified atom stereocenters. The van der Waals surface area contributed by atoms with E-state index in [0.29, 0.717) is 13.0 Å². The summed E-state index contributed by atoms with van der Waals surface area (Å²) in [5, 5.41) is 8.78. The number of amides is 1. The Morgan fingerprint density at radius 3 is 2.39 bits per heavy atom. The zero-order valence-corrected chi connectivity index (χ0v) is 10.8. The lowest BCUT2D eigenvalue weighted by Gasteiger charge is -2.21. The summed E-state index contributed by atoms with van der Waals surface area (Å²) in [6.45, 7) is 4.12. The minimum Gasteiger partial charge on any atom is -0.481 e. The first kappa shape index (κ1) is 14.2. The second-order valence-electron chi connectivity index (χ2n) is 4.25. The average Bonchev–Trinajstić information content (AvgIpc) is 2.38. The number of benzene rings is 1. The van der Waals surface area contributed by atoms with Gasteiger partial charge in [-0.25, -0.2) is 0 Å². The molecular formula is C14H19NO3. The summed E-state index contributed by atoms with van der Waals surface area (Å²) >= 11 is 0. The number of nitrogens with zero attached hydrogens (tertiary/aromatic N) is 1. The Morgan fingerprint density at radius 2 is 1.89 bits per heavy atom. The van der Waals surface area contributed by atoms with Gasteiger partial charge in [0.05, 0.1) is 5.92 Å². The Kier molecular flexibility index (Phi) is 5.36. The molecule has 0 aliphatic heterocycles. The summed E-state index contributed by atoms with van der Waals surface area (Å²) in [5.74, 6) is -1.37. The molecule has 0 aromatic heterocycles. The molecule has 0 saturated carbocycles. The number of anilines is 1. The molecule has 0 aliphatic rings. The maximum Gasteiger partial charge on any atom is 0.306 e. The van der Waals surface area contributed by atoms with Crippen molar-refractivity contribution in [1.82, 2.24) is 0 Å². The second kappa shape index (κ2) is 6.79. The molecule has 1 atom stereocenters. The van der Waals surface area contributed by atoms with Gasteiger partial charge < -0.3 is 10.0 Å². The first-order valence-electron chi connectivity index (χ1n) is 6.14. The summed E-state index contributed by atoms with van der Waals surface area (Å²) in [7, 11) is 0. The molecule has 98 valence electrons. The molecule has 0 saturated heterocycles. The lowest BCUT2D eigenvalue weighted by molar-refractivity contribution is -0.141. The number of rotatable bonds is 6. The third kappa shape index (κ3) is 3.87. The average molecular weight is 249 g/mol. The van der Waals surface area contributed by atoms with Gasteiger partial charge in [0.25, 0.3) is 0 Å². The van der Waals surface area contributed by atoms with Gasteiger partial charge in [-0.3, -0.25) is 9.59 Å². The van der Waals surface area contributed by atoms with Gasteiger partial charge in [-0.15, -0.1) is 0 Å². The van der Waals surface area contributed by atoms with E-state index >= 15 is 0 Å². The Hall–Kier alpha value is -1.84. The van der Waals surface area contributed by atoms with E-state index in [-0.39, 0.29) is 12.3 Å². The molecule has 0 heterocycles. The molecule has 1 aromatic carbocycles. The molecule has 18 heavy (non-hydrogen) atoms. The molecule has 0 spiro atoms. The van der Waals surface area contributed by atoms with Crippen LogP contribution in [0.2, 0.25) is 0 Å². The fraction of sp³-hybridized carbons (Fsp3) is 0.429. The van der Waals surface area contributed by atoms with E-state index in [9.17, 15) is 9.59 Å². The van der Waals surface area contributed by atoms with Crippen LogP contribution in [0.25, 0.3) is 0 Å². The molecule has 4 nitrogen and oxygen atoms in total. The van der Waals surface area contributed by atoms with Crippen LogP contribution in [0.15, 0.2) is 30.3 Å². The summed E-state index contributed by atoms with van der Waals surface area (Å²) in [6, 6.07) is 9.41. The van der Waals surface area contributed by atoms with Crippen molar-refractivity contribution in [2.45, 2.75) is 26.7 Å². The van der Waals surface area contributed by atoms with Crippen LogP contribution in [0.3, 0.4) is 0 Å². The summed E-state index contributed by atoms with van der Waals surface area (Å²) in [5.41, 5.74) is 0.855. The first-order valence-corrected chi connectivity index (χ1v) is 6.14. The van der Waals surface area contributed by atoms with Crippen molar-refractivity contribution < 1.29 is 14.7 Å². The number of aliphatic carboxylic acids is 1. The molecule has 0 fully saturated rings. The Bertz CT molecular complexity index is 403. The van der Waals surface area contributed by atoms with E-state index in [2.05, 4.69) is 0 Å². The van der Waals surface area contributed by atoms with E-state index < -0.39 is 11.9 Å². The highest BCUT2D eigenvalue weighted by atomic mass is 16.4. The van der Waals surface area contributed by atoms with Crippen LogP contribution >= 0.6 is 0 Å². The zero-order valence-electron chi connectivity index (χ0n) is 10.8. The monoisotopic (exact) mass is 249 g/mol. The van der Waals surface area contributed by atoms with Crippen LogP contribution in [0.5, 0.6) is 0 Å². The van der Waals surface area contributed by atoms with Gasteiger partial charge in [0.2, 0.25) is 5.91 Å². The lowest BCUT2D eigenvalue weighted by Crippen LogP contribution is -2.31. The third-order valence-corrected chi connectivity index (χ3v) is 2.90. The quantitative estimate of drug-likeness (QED) is 0.842. The van der Waals surface area contributed by atoms with Crippen molar-refractivity contribution in [2.75, 3.05) is 11.4 Å². The van der Waals surface area contributed by atoms with Crippen LogP contribution in [0, 0.1) is 5.92 Å². The van der Waals surface area contributed by atoms with E-state index in [4.69, 9.17) is 5.11 Å². The fourth-order valence-electron chi connectivity index (χ4n) is 1.71. The van der Waals surface area contributed by atoms with Gasteiger partial charge in [0.1, 0.15) is 0 Å². The van der Waals surface area contributed by atoms with Gasteiger partial charge in [0.15, 0.2) is 0 Å². The van der Waals surface area contributed by atoms with Crippen LogP contribution < -0.4 is 4.90 Å². The molecule has 4 heteroatoms. The standard InChI is InChI=1S/C14H19NO3/c1-3-15(12-7-5-4-6-8-12)13(16)10-9-11(2)14(17)18/h4-8,11H,3,9-10H2,1-2H3,(H,17,18). The topological polar surface area (TPSA) is 57.6 Å². The summed E-state index contributed by atoms with van der Waals surface area (Å²) in [6.07, 6.45) is 0.633. The largest absolute Gasteiger partial charge is 0.481 e. The van der Waals surface area contributed by atoms with Crippen molar-refractivity contribution in [3.05, 3.63) is 30.3 Å². The van der Waals surface area contributed by atoms with Gasteiger partial charge >= 0.3 is 5.97 Å². The summed E-state index contributed by atoms with van der Waals surface area (Å²) < 4.78 is 0. The number of carboxylic acids is 1. The van der Waals surface area contributed by atoms with Crippen LogP contribution in [0.4, 0.5) is 5.69 Å². The van der Waals surface area contributed by atoms with Crippen molar-refractivity contribution in [3.8, 4) is 0 Å². The molecule has 1 N–H and O–H groups in total. The molecule has 1 rings (SSSR count). The lowest BCUT2D eigenvalue weighted by atomic mass is 10.1. The van der Waals surface area contributed by atoms with Crippen molar-refractivity contribution >= 4 is 17.6 Å². The molecule has 0 radical (unpaired) electrons. The number of carboxylic acid groups (broad SMARTS) is 1. The predicted molar refractivity (Wildman–Crippen MR) is 70.5 cm³/mol. The van der Waals surface area contributed by atoms with Crippen LogP contribution in [-0.4, -0.2) is 23.5 Å². The number of carbonyl (C=O) groups excluding carboxylic acids is 1. The van der Waals surface area contributed by atoms with Crippen molar-refractivity contribution in [1.29, 1.82) is 0 Å². The molecule has 0 bridgehead atoms. The zero-order chi connectivity index (χ0) is 13.5.